The van der Waals surface area contributed by atoms with E-state index in [1.807, 2.05) is 67.7 Å². The molecule has 0 atom stereocenters. The molecule has 1 aromatic carbocycles. The molecular weight excluding hydrogens is 360 g/mol. The fraction of sp³-hybridized carbons (Fsp3) is 0.250. The summed E-state index contributed by atoms with van der Waals surface area (Å²) in [6, 6.07) is 11.5. The van der Waals surface area contributed by atoms with Crippen molar-refractivity contribution in [3.8, 4) is 5.75 Å². The minimum Gasteiger partial charge on any atom is -0.485 e. The number of nitrogens with zero attached hydrogens (tertiary/aromatic N) is 3. The quantitative estimate of drug-likeness (QED) is 0.675. The number of thiazole rings is 1. The van der Waals surface area contributed by atoms with Gasteiger partial charge >= 0.3 is 0 Å². The van der Waals surface area contributed by atoms with Gasteiger partial charge in [-0.3, -0.25) is 9.78 Å². The largest absolute Gasteiger partial charge is 0.485 e. The molecule has 0 aliphatic rings. The maximum atomic E-state index is 12.2. The molecule has 0 aliphatic heterocycles. The molecule has 7 heteroatoms. The summed E-state index contributed by atoms with van der Waals surface area (Å²) in [7, 11) is 3.96. The summed E-state index contributed by atoms with van der Waals surface area (Å²) < 4.78 is 5.67. The van der Waals surface area contributed by atoms with Crippen molar-refractivity contribution in [2.75, 3.05) is 24.3 Å². The van der Waals surface area contributed by atoms with Crippen LogP contribution < -0.4 is 15.0 Å². The smallest absolute Gasteiger partial charge is 0.230 e. The predicted molar refractivity (Wildman–Crippen MR) is 109 cm³/mol. The molecule has 0 aliphatic carbocycles. The molecule has 0 radical (unpaired) electrons. The Morgan fingerprint density at radius 1 is 1.19 bits per heavy atom. The zero-order valence-electron chi connectivity index (χ0n) is 15.6. The predicted octanol–water partition coefficient (Wildman–Crippen LogP) is 3.67. The molecule has 3 aromatic rings. The number of hydrogen-bond donors (Lipinski definition) is 1. The maximum absolute atomic E-state index is 12.2. The molecule has 0 bridgehead atoms. The zero-order chi connectivity index (χ0) is 19.2. The zero-order valence-corrected chi connectivity index (χ0v) is 16.4. The van der Waals surface area contributed by atoms with Crippen LogP contribution in [0.3, 0.4) is 0 Å². The van der Waals surface area contributed by atoms with Crippen LogP contribution in [0.4, 0.5) is 11.4 Å². The number of aryl methyl sites for hydroxylation is 1. The van der Waals surface area contributed by atoms with E-state index in [9.17, 15) is 4.79 Å². The van der Waals surface area contributed by atoms with Crippen LogP contribution in [-0.4, -0.2) is 30.0 Å². The number of nitrogens with one attached hydrogen (secondary N) is 1. The van der Waals surface area contributed by atoms with Gasteiger partial charge in [-0.1, -0.05) is 0 Å². The summed E-state index contributed by atoms with van der Waals surface area (Å²) in [6.07, 6.45) is 1.93. The lowest BCUT2D eigenvalue weighted by Gasteiger charge is -2.12. The lowest BCUT2D eigenvalue weighted by Crippen LogP contribution is -2.15. The number of benzene rings is 1. The lowest BCUT2D eigenvalue weighted by molar-refractivity contribution is -0.115. The van der Waals surface area contributed by atoms with Gasteiger partial charge in [0.1, 0.15) is 17.4 Å². The van der Waals surface area contributed by atoms with Crippen LogP contribution in [0.15, 0.2) is 48.0 Å². The number of carbonyl (C=O) groups excluding carboxylic acids is 1. The number of amides is 1. The van der Waals surface area contributed by atoms with Gasteiger partial charge in [0.05, 0.1) is 18.3 Å². The van der Waals surface area contributed by atoms with E-state index in [1.54, 1.807) is 6.20 Å². The second-order valence-corrected chi connectivity index (χ2v) is 7.27. The summed E-state index contributed by atoms with van der Waals surface area (Å²) in [6.45, 7) is 2.29. The Labute approximate surface area is 162 Å². The van der Waals surface area contributed by atoms with Crippen molar-refractivity contribution in [2.45, 2.75) is 20.0 Å². The molecule has 27 heavy (non-hydrogen) atoms. The number of aromatic nitrogens is 2. The number of pyridine rings is 1. The summed E-state index contributed by atoms with van der Waals surface area (Å²) >= 11 is 1.48. The van der Waals surface area contributed by atoms with E-state index >= 15 is 0 Å². The van der Waals surface area contributed by atoms with Crippen molar-refractivity contribution in [3.63, 3.8) is 0 Å². The molecule has 0 unspecified atom stereocenters. The summed E-state index contributed by atoms with van der Waals surface area (Å²) in [4.78, 5) is 22.9. The van der Waals surface area contributed by atoms with Crippen LogP contribution in [0.2, 0.25) is 0 Å². The van der Waals surface area contributed by atoms with Crippen LogP contribution in [0.5, 0.6) is 5.75 Å². The summed E-state index contributed by atoms with van der Waals surface area (Å²) in [5.41, 5.74) is 3.54. The van der Waals surface area contributed by atoms with Crippen molar-refractivity contribution in [3.05, 3.63) is 64.4 Å². The van der Waals surface area contributed by atoms with Gasteiger partial charge < -0.3 is 15.0 Å². The SMILES string of the molecule is Cc1ccc(OCc2nc(CC(=O)Nc3ccc(N(C)C)cc3)cs2)cn1. The Kier molecular flexibility index (Phi) is 6.03. The van der Waals surface area contributed by atoms with E-state index in [4.69, 9.17) is 4.74 Å². The van der Waals surface area contributed by atoms with Crippen LogP contribution in [0, 0.1) is 6.92 Å². The standard InChI is InChI=1S/C20H22N4O2S/c1-14-4-9-18(11-21-14)26-12-20-23-16(13-27-20)10-19(25)22-15-5-7-17(8-6-15)24(2)3/h4-9,11,13H,10,12H2,1-3H3,(H,22,25). The van der Waals surface area contributed by atoms with Crippen molar-refractivity contribution in [1.82, 2.24) is 9.97 Å². The van der Waals surface area contributed by atoms with E-state index in [0.29, 0.717) is 12.4 Å². The van der Waals surface area contributed by atoms with Crippen LogP contribution in [-0.2, 0) is 17.8 Å². The Morgan fingerprint density at radius 3 is 2.63 bits per heavy atom. The first-order valence-electron chi connectivity index (χ1n) is 8.55. The molecule has 140 valence electrons. The highest BCUT2D eigenvalue weighted by Crippen LogP contribution is 2.17. The number of hydrogen-bond acceptors (Lipinski definition) is 6. The molecule has 6 nitrogen and oxygen atoms in total. The third kappa shape index (κ3) is 5.52. The molecule has 3 rings (SSSR count). The molecule has 0 saturated carbocycles. The molecule has 2 aromatic heterocycles. The average Bonchev–Trinajstić information content (AvgIpc) is 3.09. The van der Waals surface area contributed by atoms with Crippen LogP contribution in [0.1, 0.15) is 16.4 Å². The highest BCUT2D eigenvalue weighted by molar-refractivity contribution is 7.09. The van der Waals surface area contributed by atoms with Gasteiger partial charge in [-0.25, -0.2) is 4.98 Å². The molecule has 1 amide bonds. The second kappa shape index (κ2) is 8.64. The second-order valence-electron chi connectivity index (χ2n) is 6.32. The van der Waals surface area contributed by atoms with Gasteiger partial charge in [0.25, 0.3) is 0 Å². The fourth-order valence-corrected chi connectivity index (χ4v) is 3.10. The Balaban J connectivity index is 1.50. The molecular formula is C20H22N4O2S. The lowest BCUT2D eigenvalue weighted by atomic mass is 10.2. The van der Waals surface area contributed by atoms with Crippen LogP contribution in [0.25, 0.3) is 0 Å². The average molecular weight is 382 g/mol. The highest BCUT2D eigenvalue weighted by atomic mass is 32.1. The molecule has 0 fully saturated rings. The van der Waals surface area contributed by atoms with E-state index in [-0.39, 0.29) is 12.3 Å². The fourth-order valence-electron chi connectivity index (χ4n) is 2.39. The maximum Gasteiger partial charge on any atom is 0.230 e. The number of ether oxygens (including phenoxy) is 1. The first kappa shape index (κ1) is 18.8. The minimum atomic E-state index is -0.0897. The first-order valence-corrected chi connectivity index (χ1v) is 9.43. The van der Waals surface area contributed by atoms with Gasteiger partial charge in [0.2, 0.25) is 5.91 Å². The monoisotopic (exact) mass is 382 g/mol. The molecule has 2 heterocycles. The summed E-state index contributed by atoms with van der Waals surface area (Å²) in [5, 5.41) is 5.61. The van der Waals surface area contributed by atoms with Crippen molar-refractivity contribution >= 4 is 28.6 Å². The Hall–Kier alpha value is -2.93. The number of carbonyl (C=O) groups is 1. The molecule has 0 spiro atoms. The topological polar surface area (TPSA) is 67.3 Å². The van der Waals surface area contributed by atoms with E-state index < -0.39 is 0 Å². The van der Waals surface area contributed by atoms with E-state index in [2.05, 4.69) is 15.3 Å². The third-order valence-corrected chi connectivity index (χ3v) is 4.73. The Morgan fingerprint density at radius 2 is 1.96 bits per heavy atom. The van der Waals surface area contributed by atoms with E-state index in [1.165, 1.54) is 11.3 Å². The highest BCUT2D eigenvalue weighted by Gasteiger charge is 2.09. The van der Waals surface area contributed by atoms with Crippen molar-refractivity contribution in [2.24, 2.45) is 0 Å². The number of anilines is 2. The normalized spacial score (nSPS) is 10.5. The summed E-state index contributed by atoms with van der Waals surface area (Å²) in [5.74, 6) is 0.615. The van der Waals surface area contributed by atoms with Gasteiger partial charge in [-0.15, -0.1) is 11.3 Å². The molecule has 0 saturated heterocycles. The van der Waals surface area contributed by atoms with Gasteiger partial charge in [0.15, 0.2) is 0 Å². The first-order chi connectivity index (χ1) is 13.0. The third-order valence-electron chi connectivity index (χ3n) is 3.85. The van der Waals surface area contributed by atoms with Crippen molar-refractivity contribution < 1.29 is 9.53 Å². The van der Waals surface area contributed by atoms with Gasteiger partial charge in [-0.05, 0) is 43.3 Å². The van der Waals surface area contributed by atoms with Gasteiger partial charge in [-0.2, -0.15) is 0 Å². The van der Waals surface area contributed by atoms with Crippen LogP contribution >= 0.6 is 11.3 Å². The van der Waals surface area contributed by atoms with Gasteiger partial charge in [0, 0.05) is 36.5 Å². The number of rotatable bonds is 7. The Bertz CT molecular complexity index is 889. The molecule has 1 N–H and O–H groups in total. The van der Waals surface area contributed by atoms with Crippen molar-refractivity contribution in [1.29, 1.82) is 0 Å². The minimum absolute atomic E-state index is 0.0897. The van der Waals surface area contributed by atoms with E-state index in [0.717, 1.165) is 27.8 Å².